The Balaban J connectivity index is 2.53. The van der Waals surface area contributed by atoms with Crippen molar-refractivity contribution in [2.24, 2.45) is 5.73 Å². The molecule has 0 aliphatic carbocycles. The highest BCUT2D eigenvalue weighted by Crippen LogP contribution is 2.05. The number of carbonyl (C=O) groups is 1. The summed E-state index contributed by atoms with van der Waals surface area (Å²) in [6, 6.07) is 5.28. The zero-order chi connectivity index (χ0) is 13.2. The number of rotatable bonds is 5. The van der Waals surface area contributed by atoms with Crippen LogP contribution in [-0.2, 0) is 9.53 Å². The summed E-state index contributed by atoms with van der Waals surface area (Å²) in [7, 11) is 1.61. The Kier molecular flexibility index (Phi) is 6.47. The standard InChI is InChI=1S/C13H17N3O2/c1-18-10-4-8-13(17)16-12-7-2-5-11(15-12)6-3-9-14/h2,5,7H,4,8-10,14H2,1H3,(H,15,16,17). The van der Waals surface area contributed by atoms with E-state index >= 15 is 0 Å². The molecule has 1 amide bonds. The van der Waals surface area contributed by atoms with Gasteiger partial charge >= 0.3 is 0 Å². The second-order valence-electron chi connectivity index (χ2n) is 3.56. The molecule has 0 aliphatic rings. The molecular formula is C13H17N3O2. The van der Waals surface area contributed by atoms with E-state index in [9.17, 15) is 4.79 Å². The third-order valence-electron chi connectivity index (χ3n) is 2.09. The van der Waals surface area contributed by atoms with Crippen molar-refractivity contribution in [3.63, 3.8) is 0 Å². The average Bonchev–Trinajstić information content (AvgIpc) is 2.37. The first-order valence-electron chi connectivity index (χ1n) is 5.71. The van der Waals surface area contributed by atoms with Gasteiger partial charge < -0.3 is 15.8 Å². The predicted octanol–water partition coefficient (Wildman–Crippen LogP) is 0.757. The molecule has 0 spiro atoms. The van der Waals surface area contributed by atoms with Gasteiger partial charge in [-0.1, -0.05) is 12.0 Å². The maximum absolute atomic E-state index is 11.5. The molecule has 1 aromatic rings. The molecule has 0 unspecified atom stereocenters. The van der Waals surface area contributed by atoms with E-state index in [1.165, 1.54) is 0 Å². The summed E-state index contributed by atoms with van der Waals surface area (Å²) in [4.78, 5) is 15.7. The van der Waals surface area contributed by atoms with Gasteiger partial charge in [-0.2, -0.15) is 0 Å². The van der Waals surface area contributed by atoms with Crippen LogP contribution in [0, 0.1) is 11.8 Å². The Bertz CT molecular complexity index is 449. The molecule has 0 fully saturated rings. The summed E-state index contributed by atoms with van der Waals surface area (Å²) >= 11 is 0. The molecule has 3 N–H and O–H groups in total. The number of hydrogen-bond donors (Lipinski definition) is 2. The SMILES string of the molecule is COCCCC(=O)Nc1cccc(C#CCN)n1. The van der Waals surface area contributed by atoms with Gasteiger partial charge in [0.05, 0.1) is 6.54 Å². The summed E-state index contributed by atoms with van der Waals surface area (Å²) < 4.78 is 4.88. The summed E-state index contributed by atoms with van der Waals surface area (Å²) in [5, 5.41) is 2.71. The Morgan fingerprint density at radius 3 is 3.11 bits per heavy atom. The lowest BCUT2D eigenvalue weighted by atomic mass is 10.3. The number of nitrogens with zero attached hydrogens (tertiary/aromatic N) is 1. The van der Waals surface area contributed by atoms with Crippen molar-refractivity contribution in [1.29, 1.82) is 0 Å². The number of amides is 1. The predicted molar refractivity (Wildman–Crippen MR) is 69.9 cm³/mol. The monoisotopic (exact) mass is 247 g/mol. The molecule has 5 heteroatoms. The van der Waals surface area contributed by atoms with Crippen molar-refractivity contribution in [2.75, 3.05) is 25.6 Å². The fraction of sp³-hybridized carbons (Fsp3) is 0.385. The molecule has 0 saturated heterocycles. The van der Waals surface area contributed by atoms with E-state index in [0.717, 1.165) is 0 Å². The van der Waals surface area contributed by atoms with Crippen LogP contribution in [0.2, 0.25) is 0 Å². The zero-order valence-electron chi connectivity index (χ0n) is 10.4. The van der Waals surface area contributed by atoms with Crippen LogP contribution >= 0.6 is 0 Å². The maximum Gasteiger partial charge on any atom is 0.225 e. The number of anilines is 1. The molecule has 0 bridgehead atoms. The molecule has 5 nitrogen and oxygen atoms in total. The van der Waals surface area contributed by atoms with Crippen molar-refractivity contribution in [3.8, 4) is 11.8 Å². The van der Waals surface area contributed by atoms with Gasteiger partial charge in [-0.15, -0.1) is 0 Å². The first-order valence-corrected chi connectivity index (χ1v) is 5.71. The van der Waals surface area contributed by atoms with Gasteiger partial charge in [-0.3, -0.25) is 4.79 Å². The molecule has 1 heterocycles. The van der Waals surface area contributed by atoms with Crippen LogP contribution in [0.25, 0.3) is 0 Å². The Morgan fingerprint density at radius 1 is 1.56 bits per heavy atom. The minimum atomic E-state index is -0.0801. The number of methoxy groups -OCH3 is 1. The molecular weight excluding hydrogens is 230 g/mol. The smallest absolute Gasteiger partial charge is 0.225 e. The normalized spacial score (nSPS) is 9.44. The summed E-state index contributed by atoms with van der Waals surface area (Å²) in [5.41, 5.74) is 5.87. The molecule has 0 saturated carbocycles. The van der Waals surface area contributed by atoms with Crippen molar-refractivity contribution in [3.05, 3.63) is 23.9 Å². The van der Waals surface area contributed by atoms with Gasteiger partial charge in [0.2, 0.25) is 5.91 Å². The molecule has 0 radical (unpaired) electrons. The Labute approximate surface area is 107 Å². The van der Waals surface area contributed by atoms with Crippen molar-refractivity contribution in [1.82, 2.24) is 4.98 Å². The lowest BCUT2D eigenvalue weighted by Crippen LogP contribution is -2.13. The Hall–Kier alpha value is -1.90. The number of nitrogens with one attached hydrogen (secondary N) is 1. The fourth-order valence-electron chi connectivity index (χ4n) is 1.30. The van der Waals surface area contributed by atoms with Crippen LogP contribution in [-0.4, -0.2) is 31.2 Å². The number of ether oxygens (including phenoxy) is 1. The maximum atomic E-state index is 11.5. The number of carbonyl (C=O) groups excluding carboxylic acids is 1. The van der Waals surface area contributed by atoms with Crippen LogP contribution < -0.4 is 11.1 Å². The van der Waals surface area contributed by atoms with E-state index in [1.807, 2.05) is 0 Å². The highest BCUT2D eigenvalue weighted by atomic mass is 16.5. The van der Waals surface area contributed by atoms with E-state index in [1.54, 1.807) is 25.3 Å². The lowest BCUT2D eigenvalue weighted by molar-refractivity contribution is -0.116. The summed E-state index contributed by atoms with van der Waals surface area (Å²) in [5.74, 6) is 5.95. The van der Waals surface area contributed by atoms with Crippen LogP contribution in [0.4, 0.5) is 5.82 Å². The highest BCUT2D eigenvalue weighted by molar-refractivity contribution is 5.89. The van der Waals surface area contributed by atoms with Crippen LogP contribution in [0.5, 0.6) is 0 Å². The minimum Gasteiger partial charge on any atom is -0.385 e. The second-order valence-corrected chi connectivity index (χ2v) is 3.56. The third-order valence-corrected chi connectivity index (χ3v) is 2.09. The molecule has 0 atom stereocenters. The first-order chi connectivity index (χ1) is 8.76. The van der Waals surface area contributed by atoms with Crippen molar-refractivity contribution in [2.45, 2.75) is 12.8 Å². The number of aromatic nitrogens is 1. The Morgan fingerprint density at radius 2 is 2.39 bits per heavy atom. The van der Waals surface area contributed by atoms with E-state index in [-0.39, 0.29) is 12.5 Å². The van der Waals surface area contributed by atoms with Crippen LogP contribution in [0.15, 0.2) is 18.2 Å². The number of nitrogens with two attached hydrogens (primary N) is 1. The van der Waals surface area contributed by atoms with E-state index in [4.69, 9.17) is 10.5 Å². The molecule has 1 aromatic heterocycles. The van der Waals surface area contributed by atoms with Gasteiger partial charge in [0.15, 0.2) is 0 Å². The first kappa shape index (κ1) is 14.2. The fourth-order valence-corrected chi connectivity index (χ4v) is 1.30. The molecule has 0 aliphatic heterocycles. The molecule has 1 rings (SSSR count). The van der Waals surface area contributed by atoms with Gasteiger partial charge in [-0.25, -0.2) is 4.98 Å². The lowest BCUT2D eigenvalue weighted by Gasteiger charge is -2.04. The van der Waals surface area contributed by atoms with Gasteiger partial charge in [0.1, 0.15) is 11.5 Å². The topological polar surface area (TPSA) is 77.2 Å². The van der Waals surface area contributed by atoms with Crippen molar-refractivity contribution >= 4 is 11.7 Å². The summed E-state index contributed by atoms with van der Waals surface area (Å²) in [6.07, 6.45) is 1.10. The molecule has 0 aromatic carbocycles. The van der Waals surface area contributed by atoms with Gasteiger partial charge in [0, 0.05) is 20.1 Å². The van der Waals surface area contributed by atoms with E-state index in [0.29, 0.717) is 31.0 Å². The van der Waals surface area contributed by atoms with Crippen molar-refractivity contribution < 1.29 is 9.53 Å². The van der Waals surface area contributed by atoms with E-state index < -0.39 is 0 Å². The molecule has 96 valence electrons. The molecule has 18 heavy (non-hydrogen) atoms. The van der Waals surface area contributed by atoms with Gasteiger partial charge in [-0.05, 0) is 24.5 Å². The minimum absolute atomic E-state index is 0.0801. The average molecular weight is 247 g/mol. The van der Waals surface area contributed by atoms with Crippen LogP contribution in [0.3, 0.4) is 0 Å². The number of hydrogen-bond acceptors (Lipinski definition) is 4. The highest BCUT2D eigenvalue weighted by Gasteiger charge is 2.03. The zero-order valence-corrected chi connectivity index (χ0v) is 10.4. The largest absolute Gasteiger partial charge is 0.385 e. The number of pyridine rings is 1. The summed E-state index contributed by atoms with van der Waals surface area (Å²) in [6.45, 7) is 0.859. The van der Waals surface area contributed by atoms with E-state index in [2.05, 4.69) is 22.1 Å². The third kappa shape index (κ3) is 5.43. The van der Waals surface area contributed by atoms with Crippen LogP contribution in [0.1, 0.15) is 18.5 Å². The quantitative estimate of drug-likeness (QED) is 0.595. The second kappa shape index (κ2) is 8.23. The van der Waals surface area contributed by atoms with Gasteiger partial charge in [0.25, 0.3) is 0 Å².